The van der Waals surface area contributed by atoms with Crippen molar-refractivity contribution < 1.29 is 4.79 Å². The molecule has 0 saturated carbocycles. The number of carbonyl (C=O) groups excluding carboxylic acids is 1. The molecule has 0 bridgehead atoms. The Morgan fingerprint density at radius 3 is 2.65 bits per heavy atom. The Morgan fingerprint density at radius 1 is 0.973 bits per heavy atom. The minimum absolute atomic E-state index is 0.0373. The number of nitrogens with one attached hydrogen (secondary N) is 3. The monoisotopic (exact) mass is 489 g/mol. The molecule has 10 heteroatoms. The normalized spacial score (nSPS) is 11.4. The van der Waals surface area contributed by atoms with E-state index in [1.54, 1.807) is 43.4 Å². The van der Waals surface area contributed by atoms with Gasteiger partial charge in [0.05, 0.1) is 29.0 Å². The predicted octanol–water partition coefficient (Wildman–Crippen LogP) is 5.00. The maximum Gasteiger partial charge on any atom is 0.224 e. The van der Waals surface area contributed by atoms with Gasteiger partial charge in [-0.05, 0) is 24.1 Å². The third-order valence-electron chi connectivity index (χ3n) is 5.96. The van der Waals surface area contributed by atoms with Gasteiger partial charge in [-0.1, -0.05) is 19.9 Å². The molecule has 0 atom stereocenters. The fraction of sp³-hybridized carbons (Fsp3) is 0.148. The third-order valence-corrected chi connectivity index (χ3v) is 5.96. The van der Waals surface area contributed by atoms with Crippen LogP contribution in [0.3, 0.4) is 0 Å². The number of carbonyl (C=O) groups is 1. The van der Waals surface area contributed by atoms with Crippen molar-refractivity contribution in [2.45, 2.75) is 20.3 Å². The second kappa shape index (κ2) is 9.23. The van der Waals surface area contributed by atoms with Crippen LogP contribution >= 0.6 is 0 Å². The van der Waals surface area contributed by atoms with Crippen molar-refractivity contribution in [2.24, 2.45) is 5.92 Å². The van der Waals surface area contributed by atoms with Gasteiger partial charge in [-0.3, -0.25) is 24.8 Å². The highest BCUT2D eigenvalue weighted by atomic mass is 16.1. The van der Waals surface area contributed by atoms with Crippen LogP contribution in [0.15, 0.2) is 67.6 Å². The number of fused-ring (bicyclic) bond motifs is 2. The van der Waals surface area contributed by atoms with E-state index in [2.05, 4.69) is 40.4 Å². The number of imidazole rings is 1. The molecule has 6 rings (SSSR count). The van der Waals surface area contributed by atoms with E-state index in [1.807, 2.05) is 38.1 Å². The molecular weight excluding hydrogens is 466 g/mol. The number of hydrogen-bond donors (Lipinski definition) is 3. The van der Waals surface area contributed by atoms with Crippen LogP contribution in [0, 0.1) is 5.92 Å². The number of hydrogen-bond acceptors (Lipinski definition) is 7. The van der Waals surface area contributed by atoms with E-state index in [0.29, 0.717) is 29.3 Å². The Balaban J connectivity index is 1.38. The summed E-state index contributed by atoms with van der Waals surface area (Å²) in [6, 6.07) is 7.74. The summed E-state index contributed by atoms with van der Waals surface area (Å²) in [5.74, 6) is 0.840. The number of H-pyrrole nitrogens is 2. The van der Waals surface area contributed by atoms with Crippen LogP contribution in [0.2, 0.25) is 0 Å². The van der Waals surface area contributed by atoms with E-state index in [-0.39, 0.29) is 11.8 Å². The van der Waals surface area contributed by atoms with Crippen molar-refractivity contribution in [3.05, 3.63) is 67.6 Å². The molecule has 37 heavy (non-hydrogen) atoms. The van der Waals surface area contributed by atoms with E-state index < -0.39 is 0 Å². The van der Waals surface area contributed by atoms with Crippen LogP contribution in [0.4, 0.5) is 5.69 Å². The molecule has 6 aromatic rings. The first-order valence-corrected chi connectivity index (χ1v) is 11.9. The van der Waals surface area contributed by atoms with Gasteiger partial charge in [0.2, 0.25) is 5.91 Å². The summed E-state index contributed by atoms with van der Waals surface area (Å²) in [5.41, 5.74) is 7.00. The molecule has 0 aliphatic carbocycles. The molecule has 0 unspecified atom stereocenters. The van der Waals surface area contributed by atoms with E-state index in [9.17, 15) is 4.79 Å². The summed E-state index contributed by atoms with van der Waals surface area (Å²) >= 11 is 0. The Morgan fingerprint density at radius 2 is 1.81 bits per heavy atom. The number of pyridine rings is 4. The summed E-state index contributed by atoms with van der Waals surface area (Å²) in [4.78, 5) is 37.9. The van der Waals surface area contributed by atoms with Crippen LogP contribution in [-0.2, 0) is 4.79 Å². The quantitative estimate of drug-likeness (QED) is 0.299. The highest BCUT2D eigenvalue weighted by Gasteiger charge is 2.17. The van der Waals surface area contributed by atoms with Gasteiger partial charge in [0.15, 0.2) is 11.5 Å². The number of aromatic nitrogens is 8. The van der Waals surface area contributed by atoms with Crippen molar-refractivity contribution in [1.82, 2.24) is 40.1 Å². The van der Waals surface area contributed by atoms with Crippen LogP contribution < -0.4 is 5.32 Å². The molecular formula is C27H23N9O. The van der Waals surface area contributed by atoms with Gasteiger partial charge >= 0.3 is 0 Å². The van der Waals surface area contributed by atoms with Gasteiger partial charge in [-0.25, -0.2) is 9.97 Å². The average molecular weight is 490 g/mol. The predicted molar refractivity (Wildman–Crippen MR) is 141 cm³/mol. The molecule has 6 aromatic heterocycles. The molecule has 0 saturated heterocycles. The molecule has 0 radical (unpaired) electrons. The lowest BCUT2D eigenvalue weighted by Gasteiger charge is -2.08. The number of anilines is 1. The Hall–Kier alpha value is -4.99. The first-order chi connectivity index (χ1) is 18.0. The maximum absolute atomic E-state index is 12.2. The number of nitrogens with zero attached hydrogens (tertiary/aromatic N) is 6. The molecule has 0 aliphatic rings. The smallest absolute Gasteiger partial charge is 0.224 e. The number of aromatic amines is 2. The van der Waals surface area contributed by atoms with Crippen LogP contribution in [0.25, 0.3) is 55.8 Å². The van der Waals surface area contributed by atoms with Gasteiger partial charge < -0.3 is 10.3 Å². The SMILES string of the molecule is CC(C)CC(=O)Nc1cncc(-c2cnc3[nH]nc(-c4nc5c(-c6cccnc6)cncc5[nH]4)c3c2)c1. The molecule has 10 nitrogen and oxygen atoms in total. The van der Waals surface area contributed by atoms with E-state index >= 15 is 0 Å². The third kappa shape index (κ3) is 4.40. The Labute approximate surface area is 211 Å². The van der Waals surface area contributed by atoms with Gasteiger partial charge in [-0.2, -0.15) is 5.10 Å². The van der Waals surface area contributed by atoms with Crippen molar-refractivity contribution in [3.63, 3.8) is 0 Å². The minimum Gasteiger partial charge on any atom is -0.335 e. The highest BCUT2D eigenvalue weighted by Crippen LogP contribution is 2.32. The largest absolute Gasteiger partial charge is 0.335 e. The lowest BCUT2D eigenvalue weighted by molar-refractivity contribution is -0.116. The summed E-state index contributed by atoms with van der Waals surface area (Å²) < 4.78 is 0. The van der Waals surface area contributed by atoms with Gasteiger partial charge in [0, 0.05) is 59.7 Å². The van der Waals surface area contributed by atoms with Crippen LogP contribution in [0.1, 0.15) is 20.3 Å². The highest BCUT2D eigenvalue weighted by molar-refractivity contribution is 5.97. The second-order valence-electron chi connectivity index (χ2n) is 9.21. The fourth-order valence-corrected chi connectivity index (χ4v) is 4.27. The van der Waals surface area contributed by atoms with Gasteiger partial charge in [0.1, 0.15) is 11.2 Å². The fourth-order valence-electron chi connectivity index (χ4n) is 4.27. The van der Waals surface area contributed by atoms with Crippen LogP contribution in [-0.4, -0.2) is 46.0 Å². The topological polar surface area (TPSA) is 138 Å². The second-order valence-corrected chi connectivity index (χ2v) is 9.21. The molecule has 3 N–H and O–H groups in total. The Kier molecular flexibility index (Phi) is 5.61. The molecule has 6 heterocycles. The molecule has 1 amide bonds. The zero-order chi connectivity index (χ0) is 25.4. The first kappa shape index (κ1) is 22.5. The number of amides is 1. The van der Waals surface area contributed by atoms with E-state index in [4.69, 9.17) is 4.98 Å². The summed E-state index contributed by atoms with van der Waals surface area (Å²) in [6.07, 6.45) is 12.6. The van der Waals surface area contributed by atoms with Crippen molar-refractivity contribution >= 4 is 33.7 Å². The molecule has 0 fully saturated rings. The molecule has 0 spiro atoms. The Bertz CT molecular complexity index is 1740. The first-order valence-electron chi connectivity index (χ1n) is 11.9. The van der Waals surface area contributed by atoms with E-state index in [1.165, 1.54) is 0 Å². The lowest BCUT2D eigenvalue weighted by atomic mass is 10.1. The summed E-state index contributed by atoms with van der Waals surface area (Å²) in [6.45, 7) is 4.02. The zero-order valence-corrected chi connectivity index (χ0v) is 20.2. The summed E-state index contributed by atoms with van der Waals surface area (Å²) in [5, 5.41) is 11.2. The number of rotatable bonds is 6. The molecule has 0 aliphatic heterocycles. The molecule has 0 aromatic carbocycles. The maximum atomic E-state index is 12.2. The standard InChI is InChI=1S/C27H23N9O/c1-15(2)6-23(37)32-19-7-17(10-29-12-19)18-8-20-25(35-36-26(20)31-11-18)27-33-22-14-30-13-21(24(22)34-27)16-4-3-5-28-9-16/h3-5,7-15H,6H2,1-2H3,(H,32,37)(H,33,34)(H,31,35,36). The molecule has 182 valence electrons. The summed E-state index contributed by atoms with van der Waals surface area (Å²) in [7, 11) is 0. The lowest BCUT2D eigenvalue weighted by Crippen LogP contribution is -2.13. The van der Waals surface area contributed by atoms with Crippen LogP contribution in [0.5, 0.6) is 0 Å². The zero-order valence-electron chi connectivity index (χ0n) is 20.2. The van der Waals surface area contributed by atoms with Gasteiger partial charge in [0.25, 0.3) is 0 Å². The minimum atomic E-state index is -0.0373. The van der Waals surface area contributed by atoms with Gasteiger partial charge in [-0.15, -0.1) is 0 Å². The van der Waals surface area contributed by atoms with Crippen molar-refractivity contribution in [3.8, 4) is 33.8 Å². The van der Waals surface area contributed by atoms with Crippen molar-refractivity contribution in [1.29, 1.82) is 0 Å². The average Bonchev–Trinajstić information content (AvgIpc) is 3.52. The van der Waals surface area contributed by atoms with Crippen molar-refractivity contribution in [2.75, 3.05) is 5.32 Å². The van der Waals surface area contributed by atoms with E-state index in [0.717, 1.165) is 38.7 Å².